The highest BCUT2D eigenvalue weighted by atomic mass is 16.5. The number of rotatable bonds is 5. The summed E-state index contributed by atoms with van der Waals surface area (Å²) in [7, 11) is 1.70. The molecule has 0 bridgehead atoms. The van der Waals surface area contributed by atoms with E-state index in [9.17, 15) is 0 Å². The van der Waals surface area contributed by atoms with Gasteiger partial charge in [0, 0.05) is 29.4 Å². The second kappa shape index (κ2) is 5.69. The SMILES string of the molecule is COc1ccccc1[C@@H](C)NCc1cn[nH]c1C. The quantitative estimate of drug-likeness (QED) is 0.851. The summed E-state index contributed by atoms with van der Waals surface area (Å²) >= 11 is 0. The Morgan fingerprint density at radius 3 is 2.83 bits per heavy atom. The molecule has 1 heterocycles. The minimum atomic E-state index is 0.232. The van der Waals surface area contributed by atoms with Crippen molar-refractivity contribution in [1.29, 1.82) is 0 Å². The van der Waals surface area contributed by atoms with Crippen LogP contribution in [-0.2, 0) is 6.54 Å². The summed E-state index contributed by atoms with van der Waals surface area (Å²) in [4.78, 5) is 0. The molecule has 1 aromatic heterocycles. The average molecular weight is 245 g/mol. The number of ether oxygens (including phenoxy) is 1. The Labute approximate surface area is 107 Å². The number of aromatic nitrogens is 2. The van der Waals surface area contributed by atoms with Gasteiger partial charge in [-0.25, -0.2) is 0 Å². The summed E-state index contributed by atoms with van der Waals surface area (Å²) in [5.41, 5.74) is 3.47. The number of methoxy groups -OCH3 is 1. The number of H-pyrrole nitrogens is 1. The Hall–Kier alpha value is -1.81. The number of benzene rings is 1. The average Bonchev–Trinajstić information content (AvgIpc) is 2.81. The first-order valence-electron chi connectivity index (χ1n) is 6.07. The molecular formula is C14H19N3O. The van der Waals surface area contributed by atoms with E-state index in [-0.39, 0.29) is 6.04 Å². The fourth-order valence-electron chi connectivity index (χ4n) is 1.95. The zero-order valence-corrected chi connectivity index (χ0v) is 11.0. The van der Waals surface area contributed by atoms with Gasteiger partial charge in [0.25, 0.3) is 0 Å². The van der Waals surface area contributed by atoms with E-state index < -0.39 is 0 Å². The van der Waals surface area contributed by atoms with Crippen LogP contribution < -0.4 is 10.1 Å². The minimum absolute atomic E-state index is 0.232. The first kappa shape index (κ1) is 12.6. The lowest BCUT2D eigenvalue weighted by molar-refractivity contribution is 0.401. The third kappa shape index (κ3) is 2.71. The van der Waals surface area contributed by atoms with E-state index in [0.29, 0.717) is 0 Å². The maximum absolute atomic E-state index is 5.37. The van der Waals surface area contributed by atoms with E-state index in [1.807, 2.05) is 31.3 Å². The van der Waals surface area contributed by atoms with Crippen molar-refractivity contribution in [3.63, 3.8) is 0 Å². The van der Waals surface area contributed by atoms with Gasteiger partial charge in [0.2, 0.25) is 0 Å². The van der Waals surface area contributed by atoms with Crippen LogP contribution in [0.25, 0.3) is 0 Å². The van der Waals surface area contributed by atoms with Crippen molar-refractivity contribution in [3.8, 4) is 5.75 Å². The molecule has 1 aromatic carbocycles. The van der Waals surface area contributed by atoms with Crippen molar-refractivity contribution in [2.75, 3.05) is 7.11 Å². The maximum Gasteiger partial charge on any atom is 0.123 e. The Kier molecular flexibility index (Phi) is 3.99. The van der Waals surface area contributed by atoms with Crippen molar-refractivity contribution in [2.24, 2.45) is 0 Å². The predicted octanol–water partition coefficient (Wildman–Crippen LogP) is 2.58. The molecule has 0 amide bonds. The van der Waals surface area contributed by atoms with Crippen LogP contribution >= 0.6 is 0 Å². The van der Waals surface area contributed by atoms with Gasteiger partial charge in [-0.05, 0) is 19.9 Å². The molecule has 18 heavy (non-hydrogen) atoms. The predicted molar refractivity (Wildman–Crippen MR) is 71.6 cm³/mol. The Bertz CT molecular complexity index is 507. The van der Waals surface area contributed by atoms with E-state index in [0.717, 1.165) is 18.0 Å². The highest BCUT2D eigenvalue weighted by molar-refractivity contribution is 5.35. The van der Waals surface area contributed by atoms with Gasteiger partial charge in [-0.15, -0.1) is 0 Å². The molecule has 0 aliphatic rings. The molecule has 0 radical (unpaired) electrons. The molecule has 0 fully saturated rings. The highest BCUT2D eigenvalue weighted by Crippen LogP contribution is 2.24. The largest absolute Gasteiger partial charge is 0.496 e. The summed E-state index contributed by atoms with van der Waals surface area (Å²) in [5.74, 6) is 0.918. The Morgan fingerprint density at radius 2 is 2.17 bits per heavy atom. The summed E-state index contributed by atoms with van der Waals surface area (Å²) < 4.78 is 5.37. The molecule has 0 aliphatic carbocycles. The molecule has 0 aliphatic heterocycles. The number of aromatic amines is 1. The van der Waals surface area contributed by atoms with Crippen LogP contribution in [0.3, 0.4) is 0 Å². The zero-order chi connectivity index (χ0) is 13.0. The van der Waals surface area contributed by atoms with Crippen molar-refractivity contribution >= 4 is 0 Å². The molecule has 0 saturated heterocycles. The van der Waals surface area contributed by atoms with Crippen LogP contribution in [0.2, 0.25) is 0 Å². The van der Waals surface area contributed by atoms with E-state index in [1.165, 1.54) is 11.1 Å². The summed E-state index contributed by atoms with van der Waals surface area (Å²) in [6.07, 6.45) is 1.86. The van der Waals surface area contributed by atoms with Gasteiger partial charge in [0.15, 0.2) is 0 Å². The van der Waals surface area contributed by atoms with Gasteiger partial charge >= 0.3 is 0 Å². The van der Waals surface area contributed by atoms with Gasteiger partial charge < -0.3 is 10.1 Å². The van der Waals surface area contributed by atoms with Gasteiger partial charge in [-0.1, -0.05) is 18.2 Å². The molecule has 4 heteroatoms. The fraction of sp³-hybridized carbons (Fsp3) is 0.357. The van der Waals surface area contributed by atoms with E-state index in [4.69, 9.17) is 4.74 Å². The second-order valence-electron chi connectivity index (χ2n) is 4.36. The molecule has 1 atom stereocenters. The number of para-hydroxylation sites is 1. The van der Waals surface area contributed by atoms with Crippen LogP contribution in [0.5, 0.6) is 5.75 Å². The third-order valence-corrected chi connectivity index (χ3v) is 3.14. The second-order valence-corrected chi connectivity index (χ2v) is 4.36. The van der Waals surface area contributed by atoms with Crippen LogP contribution in [0, 0.1) is 6.92 Å². The summed E-state index contributed by atoms with van der Waals surface area (Å²) in [6.45, 7) is 4.95. The molecule has 2 rings (SSSR count). The van der Waals surface area contributed by atoms with Crippen molar-refractivity contribution in [1.82, 2.24) is 15.5 Å². The lowest BCUT2D eigenvalue weighted by Crippen LogP contribution is -2.18. The van der Waals surface area contributed by atoms with Crippen LogP contribution in [0.1, 0.15) is 29.8 Å². The topological polar surface area (TPSA) is 49.9 Å². The number of nitrogens with one attached hydrogen (secondary N) is 2. The molecule has 2 aromatic rings. The van der Waals surface area contributed by atoms with Crippen LogP contribution in [0.4, 0.5) is 0 Å². The van der Waals surface area contributed by atoms with Gasteiger partial charge in [-0.2, -0.15) is 5.10 Å². The monoisotopic (exact) mass is 245 g/mol. The molecule has 0 spiro atoms. The highest BCUT2D eigenvalue weighted by Gasteiger charge is 2.10. The number of aryl methyl sites for hydroxylation is 1. The van der Waals surface area contributed by atoms with Crippen molar-refractivity contribution < 1.29 is 4.74 Å². The van der Waals surface area contributed by atoms with E-state index in [1.54, 1.807) is 7.11 Å². The molecule has 4 nitrogen and oxygen atoms in total. The molecule has 0 saturated carbocycles. The Morgan fingerprint density at radius 1 is 1.39 bits per heavy atom. The molecular weight excluding hydrogens is 226 g/mol. The van der Waals surface area contributed by atoms with Crippen molar-refractivity contribution in [2.45, 2.75) is 26.4 Å². The molecule has 96 valence electrons. The zero-order valence-electron chi connectivity index (χ0n) is 11.0. The summed E-state index contributed by atoms with van der Waals surface area (Å²) in [5, 5.41) is 10.4. The van der Waals surface area contributed by atoms with E-state index in [2.05, 4.69) is 28.5 Å². The lowest BCUT2D eigenvalue weighted by Gasteiger charge is -2.17. The third-order valence-electron chi connectivity index (χ3n) is 3.14. The standard InChI is InChI=1S/C14H19N3O/c1-10-12(9-16-17-10)8-15-11(2)13-6-4-5-7-14(13)18-3/h4-7,9,11,15H,8H2,1-3H3,(H,16,17)/t11-/m1/s1. The maximum atomic E-state index is 5.37. The number of hydrogen-bond donors (Lipinski definition) is 2. The van der Waals surface area contributed by atoms with Crippen molar-refractivity contribution in [3.05, 3.63) is 47.3 Å². The molecule has 2 N–H and O–H groups in total. The fourth-order valence-corrected chi connectivity index (χ4v) is 1.95. The van der Waals surface area contributed by atoms with Crippen LogP contribution in [-0.4, -0.2) is 17.3 Å². The first-order chi connectivity index (χ1) is 8.72. The normalized spacial score (nSPS) is 12.4. The van der Waals surface area contributed by atoms with Gasteiger partial charge in [-0.3, -0.25) is 5.10 Å². The summed E-state index contributed by atoms with van der Waals surface area (Å²) in [6, 6.07) is 8.31. The molecule has 0 unspecified atom stereocenters. The van der Waals surface area contributed by atoms with Gasteiger partial charge in [0.05, 0.1) is 13.3 Å². The minimum Gasteiger partial charge on any atom is -0.496 e. The van der Waals surface area contributed by atoms with Gasteiger partial charge in [0.1, 0.15) is 5.75 Å². The lowest BCUT2D eigenvalue weighted by atomic mass is 10.1. The number of hydrogen-bond acceptors (Lipinski definition) is 3. The smallest absolute Gasteiger partial charge is 0.123 e. The first-order valence-corrected chi connectivity index (χ1v) is 6.07. The van der Waals surface area contributed by atoms with Crippen LogP contribution in [0.15, 0.2) is 30.5 Å². The Balaban J connectivity index is 2.03. The van der Waals surface area contributed by atoms with E-state index >= 15 is 0 Å². The number of nitrogens with zero attached hydrogens (tertiary/aromatic N) is 1.